The molecule has 110 valence electrons. The van der Waals surface area contributed by atoms with E-state index in [1.54, 1.807) is 7.05 Å². The first-order chi connectivity index (χ1) is 8.19. The first-order valence-corrected chi connectivity index (χ1v) is 8.44. The van der Waals surface area contributed by atoms with E-state index in [9.17, 15) is 8.42 Å². The van der Waals surface area contributed by atoms with Crippen LogP contribution in [0.3, 0.4) is 0 Å². The number of nitrogens with zero attached hydrogens (tertiary/aromatic N) is 1. The molecule has 0 aliphatic rings. The third-order valence-corrected chi connectivity index (χ3v) is 4.49. The van der Waals surface area contributed by atoms with E-state index in [1.165, 1.54) is 4.31 Å². The Morgan fingerprint density at radius 3 is 2.22 bits per heavy atom. The predicted molar refractivity (Wildman–Crippen MR) is 78.3 cm³/mol. The maximum absolute atomic E-state index is 12.0. The highest BCUT2D eigenvalue weighted by Crippen LogP contribution is 2.16. The van der Waals surface area contributed by atoms with Crippen LogP contribution in [0.4, 0.5) is 0 Å². The van der Waals surface area contributed by atoms with Gasteiger partial charge in [0, 0.05) is 13.6 Å². The van der Waals surface area contributed by atoms with E-state index in [-0.39, 0.29) is 11.2 Å². The zero-order valence-corrected chi connectivity index (χ0v) is 13.4. The summed E-state index contributed by atoms with van der Waals surface area (Å²) in [5, 5.41) is 3.28. The molecular formula is C13H30N2O2S. The van der Waals surface area contributed by atoms with E-state index in [0.29, 0.717) is 6.54 Å². The smallest absolute Gasteiger partial charge is 0.213 e. The average molecular weight is 278 g/mol. The van der Waals surface area contributed by atoms with Gasteiger partial charge in [0.2, 0.25) is 10.0 Å². The Labute approximate surface area is 113 Å². The molecule has 0 rings (SSSR count). The van der Waals surface area contributed by atoms with Crippen LogP contribution in [0.25, 0.3) is 0 Å². The standard InChI is InChI=1S/C13H30N2O2S/c1-6-9-14-10-7-8-11-18(16,17)15(5)12-13(2,3)4/h14H,6-12H2,1-5H3. The van der Waals surface area contributed by atoms with Crippen LogP contribution >= 0.6 is 0 Å². The molecule has 0 aliphatic carbocycles. The van der Waals surface area contributed by atoms with Crippen LogP contribution in [0.15, 0.2) is 0 Å². The first-order valence-electron chi connectivity index (χ1n) is 6.84. The fourth-order valence-corrected chi connectivity index (χ4v) is 3.22. The van der Waals surface area contributed by atoms with Crippen LogP contribution in [0.2, 0.25) is 0 Å². The second-order valence-electron chi connectivity index (χ2n) is 6.09. The lowest BCUT2D eigenvalue weighted by atomic mass is 9.97. The molecule has 0 aromatic heterocycles. The number of nitrogens with one attached hydrogen (secondary N) is 1. The van der Waals surface area contributed by atoms with Gasteiger partial charge in [-0.2, -0.15) is 0 Å². The van der Waals surface area contributed by atoms with E-state index in [0.717, 1.165) is 32.4 Å². The Hall–Kier alpha value is -0.130. The summed E-state index contributed by atoms with van der Waals surface area (Å²) in [5.74, 6) is 0.257. The quantitative estimate of drug-likeness (QED) is 0.657. The van der Waals surface area contributed by atoms with Crippen LogP contribution in [0.1, 0.15) is 47.0 Å². The molecule has 0 atom stereocenters. The lowest BCUT2D eigenvalue weighted by Crippen LogP contribution is -2.36. The van der Waals surface area contributed by atoms with E-state index in [2.05, 4.69) is 12.2 Å². The topological polar surface area (TPSA) is 49.4 Å². The highest BCUT2D eigenvalue weighted by molar-refractivity contribution is 7.89. The van der Waals surface area contributed by atoms with Gasteiger partial charge in [-0.05, 0) is 37.8 Å². The molecule has 0 saturated carbocycles. The number of hydrogen-bond donors (Lipinski definition) is 1. The van der Waals surface area contributed by atoms with Crippen molar-refractivity contribution < 1.29 is 8.42 Å². The summed E-state index contributed by atoms with van der Waals surface area (Å²) < 4.78 is 25.5. The predicted octanol–water partition coefficient (Wildman–Crippen LogP) is 2.07. The van der Waals surface area contributed by atoms with Crippen molar-refractivity contribution in [1.29, 1.82) is 0 Å². The maximum atomic E-state index is 12.0. The largest absolute Gasteiger partial charge is 0.317 e. The summed E-state index contributed by atoms with van der Waals surface area (Å²) in [6.45, 7) is 10.8. The number of sulfonamides is 1. The van der Waals surface area contributed by atoms with Gasteiger partial charge in [-0.25, -0.2) is 12.7 Å². The van der Waals surface area contributed by atoms with E-state index in [1.807, 2.05) is 20.8 Å². The van der Waals surface area contributed by atoms with Gasteiger partial charge in [0.1, 0.15) is 0 Å². The summed E-state index contributed by atoms with van der Waals surface area (Å²) in [5.41, 5.74) is 0.00447. The summed E-state index contributed by atoms with van der Waals surface area (Å²) in [6, 6.07) is 0. The molecule has 0 spiro atoms. The van der Waals surface area contributed by atoms with Gasteiger partial charge in [0.25, 0.3) is 0 Å². The Bertz CT molecular complexity index is 307. The Kier molecular flexibility index (Phi) is 8.06. The number of rotatable bonds is 9. The molecular weight excluding hydrogens is 248 g/mol. The fourth-order valence-electron chi connectivity index (χ4n) is 1.76. The van der Waals surface area contributed by atoms with Crippen molar-refractivity contribution >= 4 is 10.0 Å². The van der Waals surface area contributed by atoms with Crippen molar-refractivity contribution in [2.75, 3.05) is 32.4 Å². The van der Waals surface area contributed by atoms with Gasteiger partial charge in [0.15, 0.2) is 0 Å². The summed E-state index contributed by atoms with van der Waals surface area (Å²) >= 11 is 0. The van der Waals surface area contributed by atoms with Gasteiger partial charge in [-0.15, -0.1) is 0 Å². The third-order valence-electron chi connectivity index (χ3n) is 2.60. The number of hydrogen-bond acceptors (Lipinski definition) is 3. The molecule has 0 aromatic rings. The van der Waals surface area contributed by atoms with Crippen molar-refractivity contribution in [3.05, 3.63) is 0 Å². The summed E-state index contributed by atoms with van der Waals surface area (Å²) in [4.78, 5) is 0. The molecule has 0 saturated heterocycles. The zero-order valence-electron chi connectivity index (χ0n) is 12.6. The molecule has 0 radical (unpaired) electrons. The molecule has 0 bridgehead atoms. The minimum absolute atomic E-state index is 0.00447. The molecule has 18 heavy (non-hydrogen) atoms. The van der Waals surface area contributed by atoms with Crippen molar-refractivity contribution in [3.8, 4) is 0 Å². The molecule has 4 nitrogen and oxygen atoms in total. The molecule has 0 aromatic carbocycles. The van der Waals surface area contributed by atoms with Crippen molar-refractivity contribution in [1.82, 2.24) is 9.62 Å². The Balaban J connectivity index is 3.93. The van der Waals surface area contributed by atoms with Crippen LogP contribution in [0.5, 0.6) is 0 Å². The van der Waals surface area contributed by atoms with Crippen molar-refractivity contribution in [2.24, 2.45) is 5.41 Å². The van der Waals surface area contributed by atoms with Gasteiger partial charge in [0.05, 0.1) is 5.75 Å². The second kappa shape index (κ2) is 8.12. The van der Waals surface area contributed by atoms with E-state index >= 15 is 0 Å². The van der Waals surface area contributed by atoms with Crippen molar-refractivity contribution in [3.63, 3.8) is 0 Å². The first kappa shape index (κ1) is 17.9. The van der Waals surface area contributed by atoms with Crippen LogP contribution in [-0.2, 0) is 10.0 Å². The molecule has 0 unspecified atom stereocenters. The lowest BCUT2D eigenvalue weighted by Gasteiger charge is -2.26. The van der Waals surface area contributed by atoms with E-state index in [4.69, 9.17) is 0 Å². The van der Waals surface area contributed by atoms with Crippen LogP contribution in [0, 0.1) is 5.41 Å². The second-order valence-corrected chi connectivity index (χ2v) is 8.29. The minimum atomic E-state index is -3.08. The zero-order chi connectivity index (χ0) is 14.2. The maximum Gasteiger partial charge on any atom is 0.213 e. The molecule has 0 amide bonds. The van der Waals surface area contributed by atoms with Crippen LogP contribution in [-0.4, -0.2) is 45.2 Å². The van der Waals surface area contributed by atoms with Crippen molar-refractivity contribution in [2.45, 2.75) is 47.0 Å². The lowest BCUT2D eigenvalue weighted by molar-refractivity contribution is 0.310. The SMILES string of the molecule is CCCNCCCCS(=O)(=O)N(C)CC(C)(C)C. The number of unbranched alkanes of at least 4 members (excludes halogenated alkanes) is 1. The third kappa shape index (κ3) is 8.89. The van der Waals surface area contributed by atoms with Crippen LogP contribution < -0.4 is 5.32 Å². The normalized spacial score (nSPS) is 13.2. The molecule has 5 heteroatoms. The Morgan fingerprint density at radius 2 is 1.72 bits per heavy atom. The fraction of sp³-hybridized carbons (Fsp3) is 1.00. The van der Waals surface area contributed by atoms with E-state index < -0.39 is 10.0 Å². The Morgan fingerprint density at radius 1 is 1.11 bits per heavy atom. The summed E-state index contributed by atoms with van der Waals surface area (Å²) in [7, 11) is -1.40. The molecule has 0 heterocycles. The highest BCUT2D eigenvalue weighted by atomic mass is 32.2. The molecule has 1 N–H and O–H groups in total. The monoisotopic (exact) mass is 278 g/mol. The highest BCUT2D eigenvalue weighted by Gasteiger charge is 2.22. The van der Waals surface area contributed by atoms with Gasteiger partial charge >= 0.3 is 0 Å². The molecule has 0 aliphatic heterocycles. The van der Waals surface area contributed by atoms with Gasteiger partial charge in [-0.1, -0.05) is 27.7 Å². The average Bonchev–Trinajstić information content (AvgIpc) is 2.20. The summed E-state index contributed by atoms with van der Waals surface area (Å²) in [6.07, 6.45) is 2.77. The molecule has 0 fully saturated rings. The van der Waals surface area contributed by atoms with Gasteiger partial charge in [-0.3, -0.25) is 0 Å². The van der Waals surface area contributed by atoms with Gasteiger partial charge < -0.3 is 5.32 Å². The minimum Gasteiger partial charge on any atom is -0.317 e.